The molecule has 12 heteroatoms. The summed E-state index contributed by atoms with van der Waals surface area (Å²) >= 11 is 0. The Labute approximate surface area is 182 Å². The molecule has 5 nitrogen and oxygen atoms in total. The Balaban J connectivity index is 2.72. The zero-order chi connectivity index (χ0) is 24.8. The van der Waals surface area contributed by atoms with Crippen LogP contribution in [0.1, 0.15) is 21.5 Å². The highest BCUT2D eigenvalue weighted by Crippen LogP contribution is 2.42. The Morgan fingerprint density at radius 2 is 1.64 bits per heavy atom. The number of ether oxygens (including phenoxy) is 1. The first-order valence-corrected chi connectivity index (χ1v) is 8.93. The number of halogens is 7. The maximum absolute atomic E-state index is 13.7. The van der Waals surface area contributed by atoms with E-state index in [1.54, 1.807) is 0 Å². The van der Waals surface area contributed by atoms with Gasteiger partial charge in [-0.15, -0.1) is 0 Å². The number of hydrogen-bond acceptors (Lipinski definition) is 4. The van der Waals surface area contributed by atoms with Gasteiger partial charge in [-0.3, -0.25) is 9.59 Å². The number of amides is 1. The van der Waals surface area contributed by atoms with Crippen molar-refractivity contribution in [2.45, 2.75) is 12.4 Å². The van der Waals surface area contributed by atoms with Crippen LogP contribution < -0.4 is 15.4 Å². The van der Waals surface area contributed by atoms with Crippen molar-refractivity contribution in [3.63, 3.8) is 0 Å². The van der Waals surface area contributed by atoms with E-state index in [9.17, 15) is 40.3 Å². The molecule has 0 atom stereocenters. The highest BCUT2D eigenvalue weighted by molar-refractivity contribution is 6.00. The fraction of sp³-hybridized carbons (Fsp3) is 0.143. The Hall–Kier alpha value is -3.83. The lowest BCUT2D eigenvalue weighted by Crippen LogP contribution is -2.27. The minimum absolute atomic E-state index is 0.222. The van der Waals surface area contributed by atoms with Gasteiger partial charge in [-0.2, -0.15) is 26.3 Å². The first-order chi connectivity index (χ1) is 15.4. The molecular formula is C21H15F7N2O3. The van der Waals surface area contributed by atoms with E-state index in [-0.39, 0.29) is 29.9 Å². The van der Waals surface area contributed by atoms with Crippen LogP contribution in [0, 0.1) is 5.82 Å². The van der Waals surface area contributed by atoms with E-state index in [1.807, 2.05) is 5.32 Å². The Bertz CT molecular complexity index is 1070. The van der Waals surface area contributed by atoms with Crippen LogP contribution in [0.25, 0.3) is 0 Å². The standard InChI is InChI=1S/C21H15F7N2O3/c1-29-8-6-14(7-9-31)30-19(32)18-16(21(26,27)28)10-12(20(23,24)25)11-17(18)33-15-4-2-13(22)3-5-15/h2-11,29H,1H3,(H,30,32)/b8-6-,14-7+. The summed E-state index contributed by atoms with van der Waals surface area (Å²) in [5.74, 6) is -3.64. The molecule has 0 aromatic heterocycles. The molecular weight excluding hydrogens is 461 g/mol. The SMILES string of the molecule is CN/C=C\C(=C/C=O)NC(=O)c1c(Oc2ccc(F)cc2)cc(C(F)(F)F)cc1C(F)(F)F. The number of alkyl halides is 6. The minimum Gasteiger partial charge on any atom is -0.457 e. The summed E-state index contributed by atoms with van der Waals surface area (Å²) in [6, 6.07) is 3.64. The van der Waals surface area contributed by atoms with Gasteiger partial charge in [0.2, 0.25) is 0 Å². The Kier molecular flexibility index (Phi) is 7.85. The average molecular weight is 476 g/mol. The molecule has 2 aromatic rings. The van der Waals surface area contributed by atoms with Gasteiger partial charge in [0.1, 0.15) is 23.6 Å². The molecule has 2 aromatic carbocycles. The van der Waals surface area contributed by atoms with Crippen molar-refractivity contribution in [1.29, 1.82) is 0 Å². The smallest absolute Gasteiger partial charge is 0.417 e. The molecule has 2 N–H and O–H groups in total. The van der Waals surface area contributed by atoms with Crippen molar-refractivity contribution in [2.75, 3.05) is 7.05 Å². The first kappa shape index (κ1) is 25.4. The van der Waals surface area contributed by atoms with Gasteiger partial charge in [-0.25, -0.2) is 4.39 Å². The largest absolute Gasteiger partial charge is 0.457 e. The van der Waals surface area contributed by atoms with E-state index in [2.05, 4.69) is 5.32 Å². The molecule has 0 bridgehead atoms. The Morgan fingerprint density at radius 3 is 2.15 bits per heavy atom. The van der Waals surface area contributed by atoms with Gasteiger partial charge in [0.25, 0.3) is 5.91 Å². The van der Waals surface area contributed by atoms with E-state index >= 15 is 0 Å². The fourth-order valence-electron chi connectivity index (χ4n) is 2.53. The summed E-state index contributed by atoms with van der Waals surface area (Å²) in [6.45, 7) is 0. The molecule has 0 aliphatic heterocycles. The first-order valence-electron chi connectivity index (χ1n) is 8.93. The third kappa shape index (κ3) is 6.82. The van der Waals surface area contributed by atoms with Gasteiger partial charge < -0.3 is 15.4 Å². The number of allylic oxidation sites excluding steroid dienone is 2. The van der Waals surface area contributed by atoms with Crippen molar-refractivity contribution >= 4 is 12.2 Å². The normalized spacial score (nSPS) is 12.5. The third-order valence-corrected chi connectivity index (χ3v) is 3.94. The highest BCUT2D eigenvalue weighted by atomic mass is 19.4. The molecule has 0 heterocycles. The summed E-state index contributed by atoms with van der Waals surface area (Å²) in [5, 5.41) is 4.55. The van der Waals surface area contributed by atoms with Gasteiger partial charge >= 0.3 is 12.4 Å². The topological polar surface area (TPSA) is 67.4 Å². The second kappa shape index (κ2) is 10.2. The van der Waals surface area contributed by atoms with Gasteiger partial charge in [-0.05, 0) is 48.7 Å². The van der Waals surface area contributed by atoms with Crippen LogP contribution >= 0.6 is 0 Å². The summed E-state index contributed by atoms with van der Waals surface area (Å²) in [4.78, 5) is 23.5. The lowest BCUT2D eigenvalue weighted by molar-refractivity contribution is -0.143. The lowest BCUT2D eigenvalue weighted by atomic mass is 10.0. The molecule has 0 fully saturated rings. The van der Waals surface area contributed by atoms with Gasteiger partial charge in [0.05, 0.1) is 16.7 Å². The number of aldehydes is 1. The number of carbonyl (C=O) groups excluding carboxylic acids is 2. The molecule has 33 heavy (non-hydrogen) atoms. The molecule has 0 aliphatic rings. The van der Waals surface area contributed by atoms with Crippen LogP contribution in [-0.4, -0.2) is 19.2 Å². The van der Waals surface area contributed by atoms with Crippen molar-refractivity contribution in [3.8, 4) is 11.5 Å². The van der Waals surface area contributed by atoms with E-state index in [4.69, 9.17) is 4.74 Å². The van der Waals surface area contributed by atoms with Crippen LogP contribution in [0.2, 0.25) is 0 Å². The fourth-order valence-corrected chi connectivity index (χ4v) is 2.53. The zero-order valence-corrected chi connectivity index (χ0v) is 16.6. The summed E-state index contributed by atoms with van der Waals surface area (Å²) in [5.41, 5.74) is -5.17. The zero-order valence-electron chi connectivity index (χ0n) is 16.6. The van der Waals surface area contributed by atoms with Crippen molar-refractivity contribution in [2.24, 2.45) is 0 Å². The van der Waals surface area contributed by atoms with Gasteiger partial charge in [-0.1, -0.05) is 0 Å². The van der Waals surface area contributed by atoms with Gasteiger partial charge in [0, 0.05) is 18.8 Å². The quantitative estimate of drug-likeness (QED) is 0.250. The molecule has 0 radical (unpaired) electrons. The lowest BCUT2D eigenvalue weighted by Gasteiger charge is -2.20. The molecule has 0 spiro atoms. The highest BCUT2D eigenvalue weighted by Gasteiger charge is 2.42. The van der Waals surface area contributed by atoms with Crippen molar-refractivity contribution in [1.82, 2.24) is 10.6 Å². The van der Waals surface area contributed by atoms with E-state index in [0.717, 1.165) is 36.4 Å². The van der Waals surface area contributed by atoms with Crippen LogP contribution in [0.15, 0.2) is 60.4 Å². The summed E-state index contributed by atoms with van der Waals surface area (Å²) < 4.78 is 99.1. The maximum atomic E-state index is 13.7. The van der Waals surface area contributed by atoms with Crippen LogP contribution in [0.3, 0.4) is 0 Å². The molecule has 1 amide bonds. The molecule has 0 unspecified atom stereocenters. The third-order valence-electron chi connectivity index (χ3n) is 3.94. The number of rotatable bonds is 7. The minimum atomic E-state index is -5.38. The predicted molar refractivity (Wildman–Crippen MR) is 103 cm³/mol. The number of benzene rings is 2. The van der Waals surface area contributed by atoms with Crippen LogP contribution in [0.5, 0.6) is 11.5 Å². The molecule has 2 rings (SSSR count). The van der Waals surface area contributed by atoms with E-state index in [0.29, 0.717) is 0 Å². The average Bonchev–Trinajstić information content (AvgIpc) is 2.72. The summed E-state index contributed by atoms with van der Waals surface area (Å²) in [6.07, 6.45) is -7.17. The molecule has 176 valence electrons. The maximum Gasteiger partial charge on any atom is 0.417 e. The number of hydrogen-bond donors (Lipinski definition) is 2. The predicted octanol–water partition coefficient (Wildman–Crippen LogP) is 5.20. The number of carbonyl (C=O) groups is 2. The monoisotopic (exact) mass is 476 g/mol. The van der Waals surface area contributed by atoms with Gasteiger partial charge in [0.15, 0.2) is 0 Å². The van der Waals surface area contributed by atoms with Crippen LogP contribution in [0.4, 0.5) is 30.7 Å². The second-order valence-electron chi connectivity index (χ2n) is 6.28. The number of nitrogens with one attached hydrogen (secondary N) is 2. The van der Waals surface area contributed by atoms with Crippen LogP contribution in [-0.2, 0) is 17.1 Å². The van der Waals surface area contributed by atoms with Crippen molar-refractivity contribution < 1.29 is 45.1 Å². The van der Waals surface area contributed by atoms with E-state index in [1.165, 1.54) is 13.2 Å². The molecule has 0 aliphatic carbocycles. The Morgan fingerprint density at radius 1 is 1.00 bits per heavy atom. The second-order valence-corrected chi connectivity index (χ2v) is 6.28. The molecule has 0 saturated heterocycles. The van der Waals surface area contributed by atoms with E-state index < -0.39 is 46.5 Å². The molecule has 0 saturated carbocycles. The van der Waals surface area contributed by atoms with Crippen molar-refractivity contribution in [3.05, 3.63) is 83.0 Å². The summed E-state index contributed by atoms with van der Waals surface area (Å²) in [7, 11) is 1.46.